The molecule has 0 atom stereocenters. The standard InChI is InChI=1S/C20H19ClN4O3/c1-3-28-15-7-4-13(5-8-15)24-19-12-22-17(11-23-19)20(26)25-14-6-9-18(27-2)16(21)10-14/h4-12H,3H2,1-2H3,(H,23,24)(H,25,26). The number of ether oxygens (including phenoxy) is 2. The van der Waals surface area contributed by atoms with E-state index in [1.807, 2.05) is 31.2 Å². The SMILES string of the molecule is CCOc1ccc(Nc2cnc(C(=O)Nc3ccc(OC)c(Cl)c3)cn2)cc1. The van der Waals surface area contributed by atoms with Crippen LogP contribution >= 0.6 is 11.6 Å². The van der Waals surface area contributed by atoms with Gasteiger partial charge in [-0.3, -0.25) is 4.79 Å². The van der Waals surface area contributed by atoms with Crippen molar-refractivity contribution < 1.29 is 14.3 Å². The topological polar surface area (TPSA) is 85.4 Å². The molecule has 7 nitrogen and oxygen atoms in total. The molecule has 28 heavy (non-hydrogen) atoms. The van der Waals surface area contributed by atoms with Crippen molar-refractivity contribution in [3.8, 4) is 11.5 Å². The second-order valence-corrected chi connectivity index (χ2v) is 6.08. The van der Waals surface area contributed by atoms with Gasteiger partial charge in [0.05, 0.1) is 31.1 Å². The van der Waals surface area contributed by atoms with Crippen LogP contribution in [-0.4, -0.2) is 29.6 Å². The van der Waals surface area contributed by atoms with E-state index in [1.54, 1.807) is 18.2 Å². The molecule has 3 rings (SSSR count). The lowest BCUT2D eigenvalue weighted by molar-refractivity contribution is 0.102. The molecule has 3 aromatic rings. The fraction of sp³-hybridized carbons (Fsp3) is 0.150. The molecular weight excluding hydrogens is 380 g/mol. The number of carbonyl (C=O) groups excluding carboxylic acids is 1. The lowest BCUT2D eigenvalue weighted by Gasteiger charge is -2.09. The Labute approximate surface area is 167 Å². The molecule has 8 heteroatoms. The van der Waals surface area contributed by atoms with Crippen LogP contribution in [0, 0.1) is 0 Å². The number of methoxy groups -OCH3 is 1. The van der Waals surface area contributed by atoms with Gasteiger partial charge in [-0.2, -0.15) is 0 Å². The van der Waals surface area contributed by atoms with E-state index in [2.05, 4.69) is 20.6 Å². The average molecular weight is 399 g/mol. The number of nitrogens with one attached hydrogen (secondary N) is 2. The van der Waals surface area contributed by atoms with Crippen LogP contribution in [0.15, 0.2) is 54.9 Å². The van der Waals surface area contributed by atoms with Gasteiger partial charge in [0.2, 0.25) is 0 Å². The Morgan fingerprint density at radius 1 is 1.07 bits per heavy atom. The molecule has 0 fully saturated rings. The quantitative estimate of drug-likeness (QED) is 0.608. The monoisotopic (exact) mass is 398 g/mol. The molecule has 2 aromatic carbocycles. The zero-order chi connectivity index (χ0) is 19.9. The first-order chi connectivity index (χ1) is 13.6. The second kappa shape index (κ2) is 9.05. The molecule has 1 aromatic heterocycles. The molecular formula is C20H19ClN4O3. The van der Waals surface area contributed by atoms with Crippen molar-refractivity contribution in [1.82, 2.24) is 9.97 Å². The van der Waals surface area contributed by atoms with E-state index in [9.17, 15) is 4.79 Å². The van der Waals surface area contributed by atoms with Crippen LogP contribution in [-0.2, 0) is 0 Å². The first-order valence-corrected chi connectivity index (χ1v) is 8.93. The van der Waals surface area contributed by atoms with Gasteiger partial charge in [0.15, 0.2) is 0 Å². The van der Waals surface area contributed by atoms with Crippen molar-refractivity contribution in [2.24, 2.45) is 0 Å². The third-order valence-corrected chi connectivity index (χ3v) is 4.03. The summed E-state index contributed by atoms with van der Waals surface area (Å²) in [4.78, 5) is 20.7. The Morgan fingerprint density at radius 2 is 1.82 bits per heavy atom. The van der Waals surface area contributed by atoms with Crippen LogP contribution in [0.3, 0.4) is 0 Å². The largest absolute Gasteiger partial charge is 0.495 e. The maximum Gasteiger partial charge on any atom is 0.275 e. The Morgan fingerprint density at radius 3 is 2.43 bits per heavy atom. The third kappa shape index (κ3) is 4.89. The average Bonchev–Trinajstić information content (AvgIpc) is 2.70. The minimum Gasteiger partial charge on any atom is -0.495 e. The molecule has 0 unspecified atom stereocenters. The van der Waals surface area contributed by atoms with Crippen LogP contribution in [0.1, 0.15) is 17.4 Å². The molecule has 1 amide bonds. The van der Waals surface area contributed by atoms with Gasteiger partial charge >= 0.3 is 0 Å². The lowest BCUT2D eigenvalue weighted by Crippen LogP contribution is -2.14. The van der Waals surface area contributed by atoms with Gasteiger partial charge < -0.3 is 20.1 Å². The minimum absolute atomic E-state index is 0.184. The fourth-order valence-electron chi connectivity index (χ4n) is 2.40. The molecule has 0 bridgehead atoms. The fourth-order valence-corrected chi connectivity index (χ4v) is 2.66. The number of benzene rings is 2. The second-order valence-electron chi connectivity index (χ2n) is 5.67. The summed E-state index contributed by atoms with van der Waals surface area (Å²) in [6.45, 7) is 2.55. The first kappa shape index (κ1) is 19.4. The molecule has 0 aliphatic carbocycles. The Hall–Kier alpha value is -3.32. The molecule has 1 heterocycles. The normalized spacial score (nSPS) is 10.2. The van der Waals surface area contributed by atoms with Crippen molar-refractivity contribution in [2.75, 3.05) is 24.4 Å². The van der Waals surface area contributed by atoms with Crippen molar-refractivity contribution in [3.05, 3.63) is 65.6 Å². The van der Waals surface area contributed by atoms with E-state index >= 15 is 0 Å². The molecule has 2 N–H and O–H groups in total. The van der Waals surface area contributed by atoms with Crippen molar-refractivity contribution in [1.29, 1.82) is 0 Å². The van der Waals surface area contributed by atoms with Crippen LogP contribution in [0.4, 0.5) is 17.2 Å². The Balaban J connectivity index is 1.63. The van der Waals surface area contributed by atoms with Gasteiger partial charge in [-0.05, 0) is 49.4 Å². The van der Waals surface area contributed by atoms with Gasteiger partial charge in [0.1, 0.15) is 23.0 Å². The van der Waals surface area contributed by atoms with Gasteiger partial charge in [-0.15, -0.1) is 0 Å². The number of amides is 1. The third-order valence-electron chi connectivity index (χ3n) is 3.73. The van der Waals surface area contributed by atoms with Crippen LogP contribution in [0.25, 0.3) is 0 Å². The number of aromatic nitrogens is 2. The highest BCUT2D eigenvalue weighted by Gasteiger charge is 2.10. The highest BCUT2D eigenvalue weighted by Crippen LogP contribution is 2.27. The Kier molecular flexibility index (Phi) is 6.29. The molecule has 144 valence electrons. The summed E-state index contributed by atoms with van der Waals surface area (Å²) in [5.74, 6) is 1.46. The molecule has 0 saturated heterocycles. The van der Waals surface area contributed by atoms with Crippen molar-refractivity contribution >= 4 is 34.7 Å². The van der Waals surface area contributed by atoms with Crippen molar-refractivity contribution in [3.63, 3.8) is 0 Å². The van der Waals surface area contributed by atoms with E-state index in [1.165, 1.54) is 19.5 Å². The maximum atomic E-state index is 12.3. The summed E-state index contributed by atoms with van der Waals surface area (Å²) >= 11 is 6.06. The Bertz CT molecular complexity index is 947. The van der Waals surface area contributed by atoms with Gasteiger partial charge in [0, 0.05) is 11.4 Å². The van der Waals surface area contributed by atoms with E-state index < -0.39 is 0 Å². The zero-order valence-corrected chi connectivity index (χ0v) is 16.2. The molecule has 0 aliphatic rings. The summed E-state index contributed by atoms with van der Waals surface area (Å²) in [5.41, 5.74) is 1.56. The molecule has 0 radical (unpaired) electrons. The molecule has 0 aliphatic heterocycles. The van der Waals surface area contributed by atoms with Crippen LogP contribution < -0.4 is 20.1 Å². The van der Waals surface area contributed by atoms with Gasteiger partial charge in [0.25, 0.3) is 5.91 Å². The van der Waals surface area contributed by atoms with E-state index in [4.69, 9.17) is 21.1 Å². The zero-order valence-electron chi connectivity index (χ0n) is 15.4. The number of hydrogen-bond acceptors (Lipinski definition) is 6. The van der Waals surface area contributed by atoms with Gasteiger partial charge in [-0.25, -0.2) is 9.97 Å². The smallest absolute Gasteiger partial charge is 0.275 e. The van der Waals surface area contributed by atoms with Gasteiger partial charge in [-0.1, -0.05) is 11.6 Å². The maximum absolute atomic E-state index is 12.3. The van der Waals surface area contributed by atoms with E-state index in [-0.39, 0.29) is 11.6 Å². The molecule has 0 saturated carbocycles. The highest BCUT2D eigenvalue weighted by atomic mass is 35.5. The summed E-state index contributed by atoms with van der Waals surface area (Å²) in [6, 6.07) is 12.4. The number of anilines is 3. The van der Waals surface area contributed by atoms with Crippen LogP contribution in [0.5, 0.6) is 11.5 Å². The summed E-state index contributed by atoms with van der Waals surface area (Å²) in [5, 5.41) is 6.24. The minimum atomic E-state index is -0.388. The highest BCUT2D eigenvalue weighted by molar-refractivity contribution is 6.32. The number of halogens is 1. The summed E-state index contributed by atoms with van der Waals surface area (Å²) in [7, 11) is 1.53. The first-order valence-electron chi connectivity index (χ1n) is 8.56. The van der Waals surface area contributed by atoms with Crippen LogP contribution in [0.2, 0.25) is 5.02 Å². The summed E-state index contributed by atoms with van der Waals surface area (Å²) in [6.07, 6.45) is 2.89. The number of nitrogens with zero attached hydrogens (tertiary/aromatic N) is 2. The number of hydrogen-bond donors (Lipinski definition) is 2. The van der Waals surface area contributed by atoms with E-state index in [0.717, 1.165) is 11.4 Å². The predicted octanol–water partition coefficient (Wildman–Crippen LogP) is 4.53. The number of carbonyl (C=O) groups is 1. The predicted molar refractivity (Wildman–Crippen MR) is 109 cm³/mol. The lowest BCUT2D eigenvalue weighted by atomic mass is 10.3. The van der Waals surface area contributed by atoms with E-state index in [0.29, 0.717) is 28.9 Å². The molecule has 0 spiro atoms. The number of rotatable bonds is 7. The summed E-state index contributed by atoms with van der Waals surface area (Å²) < 4.78 is 10.5. The van der Waals surface area contributed by atoms with Crippen molar-refractivity contribution in [2.45, 2.75) is 6.92 Å².